The number of hydrogen-bond acceptors (Lipinski definition) is 4. The lowest BCUT2D eigenvalue weighted by atomic mass is 9.99. The van der Waals surface area contributed by atoms with Gasteiger partial charge in [-0.3, -0.25) is 4.90 Å². The molecule has 1 fully saturated rings. The first-order valence-corrected chi connectivity index (χ1v) is 9.60. The van der Waals surface area contributed by atoms with Crippen LogP contribution < -0.4 is 0 Å². The summed E-state index contributed by atoms with van der Waals surface area (Å²) in [6, 6.07) is 7.17. The number of carboxylic acids is 1. The van der Waals surface area contributed by atoms with Crippen molar-refractivity contribution in [2.24, 2.45) is 5.92 Å². The van der Waals surface area contributed by atoms with Crippen LogP contribution >= 0.6 is 0 Å². The van der Waals surface area contributed by atoms with Crippen molar-refractivity contribution in [3.05, 3.63) is 35.4 Å². The Hall–Kier alpha value is -2.08. The van der Waals surface area contributed by atoms with Crippen LogP contribution in [0.4, 0.5) is 4.79 Å². The smallest absolute Gasteiger partial charge is 0.410 e. The summed E-state index contributed by atoms with van der Waals surface area (Å²) in [5.41, 5.74) is 0.628. The van der Waals surface area contributed by atoms with Crippen LogP contribution in [0.25, 0.3) is 0 Å². The van der Waals surface area contributed by atoms with E-state index in [1.807, 2.05) is 37.8 Å². The summed E-state index contributed by atoms with van der Waals surface area (Å²) in [6.45, 7) is 12.5. The van der Waals surface area contributed by atoms with Crippen molar-refractivity contribution in [3.63, 3.8) is 0 Å². The zero-order valence-corrected chi connectivity index (χ0v) is 17.1. The van der Waals surface area contributed by atoms with E-state index in [2.05, 4.69) is 18.7 Å². The second kappa shape index (κ2) is 8.74. The van der Waals surface area contributed by atoms with Gasteiger partial charge >= 0.3 is 12.1 Å². The van der Waals surface area contributed by atoms with E-state index in [1.54, 1.807) is 12.1 Å². The predicted octanol–water partition coefficient (Wildman–Crippen LogP) is 3.85. The number of rotatable bonds is 5. The van der Waals surface area contributed by atoms with Gasteiger partial charge < -0.3 is 14.7 Å². The summed E-state index contributed by atoms with van der Waals surface area (Å²) in [7, 11) is 0. The third-order valence-electron chi connectivity index (χ3n) is 4.58. The number of hydrogen-bond donors (Lipinski definition) is 1. The number of benzene rings is 1. The average molecular weight is 376 g/mol. The number of aromatic carboxylic acids is 1. The van der Waals surface area contributed by atoms with Crippen LogP contribution in [0.15, 0.2) is 24.3 Å². The second-order valence-corrected chi connectivity index (χ2v) is 8.65. The molecule has 1 amide bonds. The fourth-order valence-corrected chi connectivity index (χ4v) is 3.48. The molecule has 0 bridgehead atoms. The normalized spacial score (nSPS) is 18.6. The van der Waals surface area contributed by atoms with Crippen LogP contribution in [-0.4, -0.2) is 58.2 Å². The van der Waals surface area contributed by atoms with Crippen molar-refractivity contribution in [2.75, 3.05) is 19.6 Å². The number of piperazine rings is 1. The third-order valence-corrected chi connectivity index (χ3v) is 4.58. The van der Waals surface area contributed by atoms with Gasteiger partial charge in [0.1, 0.15) is 5.60 Å². The molecule has 0 aromatic heterocycles. The molecule has 150 valence electrons. The van der Waals surface area contributed by atoms with Gasteiger partial charge in [-0.15, -0.1) is 0 Å². The summed E-state index contributed by atoms with van der Waals surface area (Å²) >= 11 is 0. The summed E-state index contributed by atoms with van der Waals surface area (Å²) in [6.07, 6.45) is 0.620. The molecule has 1 aromatic rings. The molecule has 1 heterocycles. The van der Waals surface area contributed by atoms with Crippen molar-refractivity contribution < 1.29 is 19.4 Å². The molecule has 0 spiro atoms. The van der Waals surface area contributed by atoms with Gasteiger partial charge in [-0.2, -0.15) is 0 Å². The van der Waals surface area contributed by atoms with Crippen LogP contribution in [0, 0.1) is 5.92 Å². The number of carboxylic acid groups (broad SMARTS) is 1. The zero-order chi connectivity index (χ0) is 20.2. The molecule has 1 aromatic carbocycles. The van der Waals surface area contributed by atoms with Crippen molar-refractivity contribution in [2.45, 2.75) is 59.2 Å². The fourth-order valence-electron chi connectivity index (χ4n) is 3.48. The van der Waals surface area contributed by atoms with E-state index >= 15 is 0 Å². The Kier molecular flexibility index (Phi) is 6.87. The molecule has 6 heteroatoms. The number of ether oxygens (including phenoxy) is 1. The van der Waals surface area contributed by atoms with E-state index in [4.69, 9.17) is 4.74 Å². The molecule has 0 saturated carbocycles. The highest BCUT2D eigenvalue weighted by Gasteiger charge is 2.33. The Bertz CT molecular complexity index is 666. The summed E-state index contributed by atoms with van der Waals surface area (Å²) in [5.74, 6) is -0.456. The molecule has 2 rings (SSSR count). The third kappa shape index (κ3) is 6.24. The first-order chi connectivity index (χ1) is 12.6. The van der Waals surface area contributed by atoms with E-state index in [0.717, 1.165) is 12.0 Å². The fraction of sp³-hybridized carbons (Fsp3) is 0.619. The van der Waals surface area contributed by atoms with E-state index in [0.29, 0.717) is 37.7 Å². The molecule has 0 radical (unpaired) electrons. The molecule has 1 aliphatic rings. The summed E-state index contributed by atoms with van der Waals surface area (Å²) < 4.78 is 5.58. The Balaban J connectivity index is 2.11. The van der Waals surface area contributed by atoms with E-state index < -0.39 is 11.6 Å². The van der Waals surface area contributed by atoms with Crippen molar-refractivity contribution >= 4 is 12.1 Å². The SMILES string of the molecule is CC(C)C[C@@H]1CN(Cc2ccccc2C(=O)O)CCN1C(=O)OC(C)(C)C. The Morgan fingerprint density at radius 3 is 2.48 bits per heavy atom. The van der Waals surface area contributed by atoms with Gasteiger partial charge in [-0.05, 0) is 44.7 Å². The van der Waals surface area contributed by atoms with E-state index in [-0.39, 0.29) is 12.1 Å². The van der Waals surface area contributed by atoms with Crippen LogP contribution in [0.5, 0.6) is 0 Å². The average Bonchev–Trinajstić information content (AvgIpc) is 2.53. The Morgan fingerprint density at radius 1 is 1.22 bits per heavy atom. The van der Waals surface area contributed by atoms with Gasteiger partial charge in [-0.25, -0.2) is 9.59 Å². The maximum Gasteiger partial charge on any atom is 0.410 e. The van der Waals surface area contributed by atoms with E-state index in [9.17, 15) is 14.7 Å². The molecular formula is C21H32N2O4. The first kappa shape index (κ1) is 21.2. The van der Waals surface area contributed by atoms with Crippen molar-refractivity contribution in [1.29, 1.82) is 0 Å². The topological polar surface area (TPSA) is 70.1 Å². The van der Waals surface area contributed by atoms with Gasteiger partial charge in [0, 0.05) is 32.2 Å². The van der Waals surface area contributed by atoms with Gasteiger partial charge in [0.05, 0.1) is 5.56 Å². The molecule has 27 heavy (non-hydrogen) atoms. The Morgan fingerprint density at radius 2 is 1.89 bits per heavy atom. The standard InChI is InChI=1S/C21H32N2O4/c1-15(2)12-17-14-22(10-11-23(17)20(26)27-21(3,4)5)13-16-8-6-7-9-18(16)19(24)25/h6-9,15,17H,10-14H2,1-5H3,(H,24,25)/t17-/m1/s1. The highest BCUT2D eigenvalue weighted by molar-refractivity contribution is 5.89. The predicted molar refractivity (Wildman–Crippen MR) is 105 cm³/mol. The molecule has 1 atom stereocenters. The van der Waals surface area contributed by atoms with Crippen molar-refractivity contribution in [3.8, 4) is 0 Å². The molecular weight excluding hydrogens is 344 g/mol. The van der Waals surface area contributed by atoms with Gasteiger partial charge in [0.2, 0.25) is 0 Å². The zero-order valence-electron chi connectivity index (χ0n) is 17.1. The second-order valence-electron chi connectivity index (χ2n) is 8.65. The number of carbonyl (C=O) groups is 2. The monoisotopic (exact) mass is 376 g/mol. The molecule has 1 N–H and O–H groups in total. The Labute approximate surface area is 162 Å². The van der Waals surface area contributed by atoms with Crippen LogP contribution in [0.3, 0.4) is 0 Å². The van der Waals surface area contributed by atoms with Crippen LogP contribution in [-0.2, 0) is 11.3 Å². The molecule has 1 aliphatic heterocycles. The minimum atomic E-state index is -0.906. The quantitative estimate of drug-likeness (QED) is 0.845. The minimum absolute atomic E-state index is 0.0607. The lowest BCUT2D eigenvalue weighted by Gasteiger charge is -2.42. The van der Waals surface area contributed by atoms with Crippen LogP contribution in [0.1, 0.15) is 57.0 Å². The van der Waals surface area contributed by atoms with Crippen molar-refractivity contribution in [1.82, 2.24) is 9.80 Å². The number of amides is 1. The summed E-state index contributed by atoms with van der Waals surface area (Å²) in [5, 5.41) is 9.40. The van der Waals surface area contributed by atoms with Gasteiger partial charge in [0.15, 0.2) is 0 Å². The van der Waals surface area contributed by atoms with Gasteiger partial charge in [0.25, 0.3) is 0 Å². The first-order valence-electron chi connectivity index (χ1n) is 9.60. The molecule has 6 nitrogen and oxygen atoms in total. The summed E-state index contributed by atoms with van der Waals surface area (Å²) in [4.78, 5) is 28.2. The lowest BCUT2D eigenvalue weighted by Crippen LogP contribution is -2.56. The van der Waals surface area contributed by atoms with Crippen LogP contribution in [0.2, 0.25) is 0 Å². The number of carbonyl (C=O) groups excluding carboxylic acids is 1. The largest absolute Gasteiger partial charge is 0.478 e. The highest BCUT2D eigenvalue weighted by Crippen LogP contribution is 2.22. The minimum Gasteiger partial charge on any atom is -0.478 e. The molecule has 0 aliphatic carbocycles. The van der Waals surface area contributed by atoms with E-state index in [1.165, 1.54) is 0 Å². The highest BCUT2D eigenvalue weighted by atomic mass is 16.6. The van der Waals surface area contributed by atoms with Gasteiger partial charge in [-0.1, -0.05) is 32.0 Å². The molecule has 0 unspecified atom stereocenters. The maximum absolute atomic E-state index is 12.6. The lowest BCUT2D eigenvalue weighted by molar-refractivity contribution is -0.00565. The molecule has 1 saturated heterocycles. The number of nitrogens with zero attached hydrogens (tertiary/aromatic N) is 2. The maximum atomic E-state index is 12.6.